The standard InChI is InChI=1S/C48H30ClN3O/c49-31-26-34(29-36(27-31)53-35-13-11-12-32(28-35)50-43-19-6-1-14-37(43)38-15-2-7-20-44(38)50)52-47-23-10-5-18-41(47)42-30-33(24-25-48(42)52)51-45-21-8-3-16-39(45)40-17-4-9-22-46(40)51/h1-30H. The molecular formula is C48H30ClN3O. The molecule has 11 rings (SSSR count). The van der Waals surface area contributed by atoms with Crippen molar-refractivity contribution in [2.24, 2.45) is 0 Å². The molecule has 250 valence electrons. The Morgan fingerprint density at radius 3 is 1.25 bits per heavy atom. The monoisotopic (exact) mass is 699 g/mol. The summed E-state index contributed by atoms with van der Waals surface area (Å²) in [7, 11) is 0. The average Bonchev–Trinajstić information content (AvgIpc) is 3.83. The lowest BCUT2D eigenvalue weighted by Crippen LogP contribution is -1.97. The first-order valence-corrected chi connectivity index (χ1v) is 18.2. The van der Waals surface area contributed by atoms with Crippen molar-refractivity contribution in [1.82, 2.24) is 13.7 Å². The largest absolute Gasteiger partial charge is 0.457 e. The molecule has 3 aromatic heterocycles. The van der Waals surface area contributed by atoms with Crippen LogP contribution in [0.15, 0.2) is 182 Å². The van der Waals surface area contributed by atoms with Gasteiger partial charge >= 0.3 is 0 Å². The van der Waals surface area contributed by atoms with Crippen LogP contribution in [-0.4, -0.2) is 13.7 Å². The highest BCUT2D eigenvalue weighted by molar-refractivity contribution is 6.31. The number of ether oxygens (including phenoxy) is 1. The van der Waals surface area contributed by atoms with E-state index in [1.807, 2.05) is 24.3 Å². The molecule has 11 aromatic rings. The van der Waals surface area contributed by atoms with Crippen molar-refractivity contribution in [2.45, 2.75) is 0 Å². The van der Waals surface area contributed by atoms with Gasteiger partial charge in [-0.05, 0) is 72.8 Å². The van der Waals surface area contributed by atoms with Gasteiger partial charge in [-0.3, -0.25) is 0 Å². The predicted molar refractivity (Wildman–Crippen MR) is 221 cm³/mol. The van der Waals surface area contributed by atoms with Crippen LogP contribution in [-0.2, 0) is 0 Å². The maximum absolute atomic E-state index is 6.88. The summed E-state index contributed by atoms with van der Waals surface area (Å²) in [4.78, 5) is 0. The third kappa shape index (κ3) is 4.63. The smallest absolute Gasteiger partial charge is 0.131 e. The van der Waals surface area contributed by atoms with Crippen molar-refractivity contribution in [1.29, 1.82) is 0 Å². The molecule has 0 fully saturated rings. The van der Waals surface area contributed by atoms with Gasteiger partial charge in [0.2, 0.25) is 0 Å². The minimum Gasteiger partial charge on any atom is -0.457 e. The highest BCUT2D eigenvalue weighted by atomic mass is 35.5. The van der Waals surface area contributed by atoms with E-state index < -0.39 is 0 Å². The second-order valence-corrected chi connectivity index (χ2v) is 14.0. The molecule has 0 saturated heterocycles. The number of benzene rings is 8. The van der Waals surface area contributed by atoms with Crippen LogP contribution in [0.3, 0.4) is 0 Å². The molecule has 5 heteroatoms. The van der Waals surface area contributed by atoms with Crippen molar-refractivity contribution in [3.63, 3.8) is 0 Å². The Bertz CT molecular complexity index is 3130. The molecule has 0 aliphatic carbocycles. The Morgan fingerprint density at radius 2 is 0.717 bits per heavy atom. The van der Waals surface area contributed by atoms with Gasteiger partial charge in [0.05, 0.1) is 38.8 Å². The lowest BCUT2D eigenvalue weighted by atomic mass is 10.1. The topological polar surface area (TPSA) is 24.0 Å². The third-order valence-corrected chi connectivity index (χ3v) is 10.7. The summed E-state index contributed by atoms with van der Waals surface area (Å²) in [5.74, 6) is 1.40. The van der Waals surface area contributed by atoms with Crippen LogP contribution in [0.5, 0.6) is 11.5 Å². The van der Waals surface area contributed by atoms with E-state index in [4.69, 9.17) is 16.3 Å². The zero-order valence-electron chi connectivity index (χ0n) is 28.4. The van der Waals surface area contributed by atoms with Gasteiger partial charge in [0.15, 0.2) is 0 Å². The van der Waals surface area contributed by atoms with Crippen molar-refractivity contribution in [3.05, 3.63) is 187 Å². The Labute approximate surface area is 309 Å². The normalized spacial score (nSPS) is 11.9. The van der Waals surface area contributed by atoms with Crippen molar-refractivity contribution in [2.75, 3.05) is 0 Å². The Balaban J connectivity index is 1.03. The van der Waals surface area contributed by atoms with Gasteiger partial charge in [-0.15, -0.1) is 0 Å². The summed E-state index contributed by atoms with van der Waals surface area (Å²) in [6.07, 6.45) is 0. The van der Waals surface area contributed by atoms with E-state index in [-0.39, 0.29) is 0 Å². The molecule has 0 aliphatic heterocycles. The number of para-hydroxylation sites is 5. The number of nitrogens with zero attached hydrogens (tertiary/aromatic N) is 3. The highest BCUT2D eigenvalue weighted by Gasteiger charge is 2.18. The first kappa shape index (κ1) is 29.9. The summed E-state index contributed by atoms with van der Waals surface area (Å²) >= 11 is 6.88. The molecule has 8 aromatic carbocycles. The molecule has 0 atom stereocenters. The second kappa shape index (κ2) is 11.6. The number of aromatic nitrogens is 3. The molecule has 53 heavy (non-hydrogen) atoms. The lowest BCUT2D eigenvalue weighted by molar-refractivity contribution is 0.482. The van der Waals surface area contributed by atoms with Gasteiger partial charge in [0, 0.05) is 60.8 Å². The molecule has 4 nitrogen and oxygen atoms in total. The van der Waals surface area contributed by atoms with Crippen LogP contribution in [0.1, 0.15) is 0 Å². The SMILES string of the molecule is Clc1cc(Oc2cccc(-n3c4ccccc4c4ccccc43)c2)cc(-n2c3ccccc3c3cc(-n4c5ccccc5c5ccccc54)ccc32)c1. The molecular weight excluding hydrogens is 670 g/mol. The molecule has 0 saturated carbocycles. The van der Waals surface area contributed by atoms with Crippen LogP contribution in [0, 0.1) is 0 Å². The van der Waals surface area contributed by atoms with Crippen LogP contribution < -0.4 is 4.74 Å². The lowest BCUT2D eigenvalue weighted by Gasteiger charge is -2.14. The van der Waals surface area contributed by atoms with Crippen LogP contribution in [0.25, 0.3) is 82.5 Å². The number of fused-ring (bicyclic) bond motifs is 9. The van der Waals surface area contributed by atoms with Gasteiger partial charge in [0.1, 0.15) is 11.5 Å². The maximum Gasteiger partial charge on any atom is 0.131 e. The van der Waals surface area contributed by atoms with E-state index in [0.717, 1.165) is 44.9 Å². The number of halogens is 1. The number of hydrogen-bond acceptors (Lipinski definition) is 1. The number of hydrogen-bond donors (Lipinski definition) is 0. The summed E-state index contributed by atoms with van der Waals surface area (Å²) < 4.78 is 13.6. The quantitative estimate of drug-likeness (QED) is 0.175. The van der Waals surface area contributed by atoms with Crippen LogP contribution in [0.4, 0.5) is 0 Å². The van der Waals surface area contributed by atoms with Crippen LogP contribution >= 0.6 is 11.6 Å². The van der Waals surface area contributed by atoms with Gasteiger partial charge < -0.3 is 18.4 Å². The molecule has 0 amide bonds. The summed E-state index contributed by atoms with van der Waals surface area (Å²) in [6.45, 7) is 0. The number of rotatable bonds is 5. The summed E-state index contributed by atoms with van der Waals surface area (Å²) in [5.41, 5.74) is 9.97. The fourth-order valence-electron chi connectivity index (χ4n) is 8.34. The zero-order chi connectivity index (χ0) is 35.0. The van der Waals surface area contributed by atoms with Gasteiger partial charge in [-0.2, -0.15) is 0 Å². The third-order valence-electron chi connectivity index (χ3n) is 10.5. The summed E-state index contributed by atoms with van der Waals surface area (Å²) in [5, 5.41) is 7.89. The average molecular weight is 700 g/mol. The van der Waals surface area contributed by atoms with Gasteiger partial charge in [0.25, 0.3) is 0 Å². The van der Waals surface area contributed by atoms with E-state index in [0.29, 0.717) is 10.8 Å². The predicted octanol–water partition coefficient (Wildman–Crippen LogP) is 13.4. The molecule has 0 spiro atoms. The van der Waals surface area contributed by atoms with E-state index in [1.54, 1.807) is 0 Å². The van der Waals surface area contributed by atoms with Gasteiger partial charge in [-0.1, -0.05) is 109 Å². The highest BCUT2D eigenvalue weighted by Crippen LogP contribution is 2.39. The van der Waals surface area contributed by atoms with E-state index in [2.05, 4.69) is 171 Å². The fourth-order valence-corrected chi connectivity index (χ4v) is 8.56. The first-order valence-electron chi connectivity index (χ1n) is 17.8. The van der Waals surface area contributed by atoms with E-state index in [1.165, 1.54) is 43.4 Å². The van der Waals surface area contributed by atoms with E-state index in [9.17, 15) is 0 Å². The Morgan fingerprint density at radius 1 is 0.302 bits per heavy atom. The summed E-state index contributed by atoms with van der Waals surface area (Å²) in [6, 6.07) is 63.9. The van der Waals surface area contributed by atoms with Gasteiger partial charge in [-0.25, -0.2) is 0 Å². The van der Waals surface area contributed by atoms with Crippen molar-refractivity contribution in [3.8, 4) is 28.6 Å². The van der Waals surface area contributed by atoms with Crippen LogP contribution in [0.2, 0.25) is 5.02 Å². The fraction of sp³-hybridized carbons (Fsp3) is 0. The first-order chi connectivity index (χ1) is 26.2. The zero-order valence-corrected chi connectivity index (χ0v) is 29.2. The molecule has 0 radical (unpaired) electrons. The molecule has 0 unspecified atom stereocenters. The molecule has 0 N–H and O–H groups in total. The molecule has 0 aliphatic rings. The Kier molecular flexibility index (Phi) is 6.57. The minimum atomic E-state index is 0.601. The molecule has 0 bridgehead atoms. The van der Waals surface area contributed by atoms with E-state index >= 15 is 0 Å². The van der Waals surface area contributed by atoms with Crippen molar-refractivity contribution < 1.29 is 4.74 Å². The minimum absolute atomic E-state index is 0.601. The van der Waals surface area contributed by atoms with Crippen molar-refractivity contribution >= 4 is 77.0 Å². The second-order valence-electron chi connectivity index (χ2n) is 13.5. The Hall–Kier alpha value is -6.75. The maximum atomic E-state index is 6.88. The molecule has 3 heterocycles.